The summed E-state index contributed by atoms with van der Waals surface area (Å²) in [6.45, 7) is 6.87. The predicted octanol–water partition coefficient (Wildman–Crippen LogP) is 1.13. The van der Waals surface area contributed by atoms with E-state index in [1.165, 1.54) is 12.8 Å². The van der Waals surface area contributed by atoms with Crippen LogP contribution >= 0.6 is 0 Å². The molecule has 1 aliphatic rings. The number of carbonyl (C=O) groups excluding carboxylic acids is 1. The van der Waals surface area contributed by atoms with Crippen molar-refractivity contribution >= 4 is 12.1 Å². The molecular weight excluding hydrogens is 214 g/mol. The second kappa shape index (κ2) is 8.72. The Morgan fingerprint density at radius 2 is 2.00 bits per heavy atom. The molecule has 1 fully saturated rings. The second-order valence-electron chi connectivity index (χ2n) is 2.95. The summed E-state index contributed by atoms with van der Waals surface area (Å²) in [5.74, 6) is -1.28. The third kappa shape index (κ3) is 7.81. The zero-order chi connectivity index (χ0) is 12.4. The molecule has 1 rings (SSSR count). The van der Waals surface area contributed by atoms with Crippen molar-refractivity contribution in [2.45, 2.75) is 19.8 Å². The Hall–Kier alpha value is -1.56. The van der Waals surface area contributed by atoms with Gasteiger partial charge in [-0.25, -0.2) is 9.59 Å². The highest BCUT2D eigenvalue weighted by atomic mass is 16.5. The topological polar surface area (TPSA) is 84.9 Å². The average Bonchev–Trinajstić information content (AvgIpc) is 2.75. The predicted molar refractivity (Wildman–Crippen MR) is 57.0 cm³/mol. The maximum absolute atomic E-state index is 10.5. The quantitative estimate of drug-likeness (QED) is 0.711. The third-order valence-corrected chi connectivity index (χ3v) is 1.61. The maximum atomic E-state index is 10.5. The normalized spacial score (nSPS) is 13.3. The Labute approximate surface area is 94.2 Å². The summed E-state index contributed by atoms with van der Waals surface area (Å²) in [7, 11) is 0. The van der Waals surface area contributed by atoms with E-state index in [9.17, 15) is 9.59 Å². The second-order valence-corrected chi connectivity index (χ2v) is 2.95. The number of carboxylic acids is 1. The fourth-order valence-electron chi connectivity index (χ4n) is 0.854. The van der Waals surface area contributed by atoms with Crippen molar-refractivity contribution in [1.29, 1.82) is 0 Å². The first-order valence-electron chi connectivity index (χ1n) is 5.01. The van der Waals surface area contributed by atoms with E-state index < -0.39 is 17.8 Å². The molecule has 0 unspecified atom stereocenters. The van der Waals surface area contributed by atoms with Gasteiger partial charge >= 0.3 is 12.1 Å². The summed E-state index contributed by atoms with van der Waals surface area (Å²) in [4.78, 5) is 20.6. The Bertz CT molecular complexity index is 240. The molecule has 1 amide bonds. The van der Waals surface area contributed by atoms with Crippen LogP contribution in [0.5, 0.6) is 0 Å². The van der Waals surface area contributed by atoms with Crippen LogP contribution in [-0.4, -0.2) is 37.0 Å². The first-order valence-corrected chi connectivity index (χ1v) is 5.01. The van der Waals surface area contributed by atoms with E-state index in [0.29, 0.717) is 0 Å². The lowest BCUT2D eigenvalue weighted by molar-refractivity contribution is -0.133. The number of hydrogen-bond acceptors (Lipinski definition) is 4. The maximum Gasteiger partial charge on any atom is 0.411 e. The van der Waals surface area contributed by atoms with Crippen LogP contribution in [0, 0.1) is 0 Å². The van der Waals surface area contributed by atoms with Crippen LogP contribution in [0.25, 0.3) is 0 Å². The van der Waals surface area contributed by atoms with Crippen LogP contribution in [-0.2, 0) is 14.3 Å². The zero-order valence-electron chi connectivity index (χ0n) is 9.32. The van der Waals surface area contributed by atoms with Crippen molar-refractivity contribution in [3.05, 3.63) is 12.3 Å². The van der Waals surface area contributed by atoms with Crippen LogP contribution in [0.3, 0.4) is 0 Å². The molecule has 1 heterocycles. The number of ether oxygens (including phenoxy) is 2. The number of hydrogen-bond donors (Lipinski definition) is 2. The van der Waals surface area contributed by atoms with Crippen LogP contribution < -0.4 is 5.32 Å². The molecule has 1 aliphatic heterocycles. The van der Waals surface area contributed by atoms with Crippen molar-refractivity contribution in [2.75, 3.05) is 19.8 Å². The van der Waals surface area contributed by atoms with E-state index in [0.717, 1.165) is 13.2 Å². The molecule has 0 aromatic carbocycles. The first kappa shape index (κ1) is 14.4. The molecular formula is C10H17NO5. The lowest BCUT2D eigenvalue weighted by atomic mass is 10.4. The van der Waals surface area contributed by atoms with E-state index in [1.54, 1.807) is 6.92 Å². The lowest BCUT2D eigenvalue weighted by Crippen LogP contribution is -2.27. The molecule has 1 saturated heterocycles. The number of carboxylic acid groups (broad SMARTS) is 1. The fraction of sp³-hybridized carbons (Fsp3) is 0.600. The van der Waals surface area contributed by atoms with Gasteiger partial charge in [0.05, 0.1) is 6.61 Å². The summed E-state index contributed by atoms with van der Waals surface area (Å²) in [6, 6.07) is 0. The van der Waals surface area contributed by atoms with Gasteiger partial charge in [0.15, 0.2) is 0 Å². The summed E-state index contributed by atoms with van der Waals surface area (Å²) in [5, 5.41) is 10.2. The van der Waals surface area contributed by atoms with Gasteiger partial charge in [-0.2, -0.15) is 0 Å². The van der Waals surface area contributed by atoms with Crippen molar-refractivity contribution < 1.29 is 24.2 Å². The number of aliphatic carboxylic acids is 1. The molecule has 0 radical (unpaired) electrons. The minimum atomic E-state index is -1.28. The van der Waals surface area contributed by atoms with Crippen molar-refractivity contribution in [3.8, 4) is 0 Å². The molecule has 0 bridgehead atoms. The average molecular weight is 231 g/mol. The first-order chi connectivity index (χ1) is 7.57. The number of amides is 1. The summed E-state index contributed by atoms with van der Waals surface area (Å²) < 4.78 is 9.33. The fourth-order valence-corrected chi connectivity index (χ4v) is 0.854. The van der Waals surface area contributed by atoms with Gasteiger partial charge < -0.3 is 14.6 Å². The number of nitrogens with one attached hydrogen (secondary N) is 1. The van der Waals surface area contributed by atoms with Gasteiger partial charge in [0.25, 0.3) is 0 Å². The Balaban J connectivity index is 0.000000368. The smallest absolute Gasteiger partial charge is 0.411 e. The van der Waals surface area contributed by atoms with Crippen LogP contribution in [0.2, 0.25) is 0 Å². The van der Waals surface area contributed by atoms with Gasteiger partial charge in [0.1, 0.15) is 5.70 Å². The Kier molecular flexibility index (Phi) is 7.87. The molecule has 0 aromatic heterocycles. The summed E-state index contributed by atoms with van der Waals surface area (Å²) in [6.07, 6.45) is 1.75. The Morgan fingerprint density at radius 3 is 2.31 bits per heavy atom. The van der Waals surface area contributed by atoms with E-state index >= 15 is 0 Å². The lowest BCUT2D eigenvalue weighted by Gasteiger charge is -2.02. The summed E-state index contributed by atoms with van der Waals surface area (Å²) in [5.41, 5.74) is -0.400. The largest absolute Gasteiger partial charge is 0.477 e. The van der Waals surface area contributed by atoms with Gasteiger partial charge in [-0.3, -0.25) is 5.32 Å². The molecule has 6 heteroatoms. The zero-order valence-corrected chi connectivity index (χ0v) is 9.32. The van der Waals surface area contributed by atoms with Crippen LogP contribution in [0.4, 0.5) is 4.79 Å². The highest BCUT2D eigenvalue weighted by Crippen LogP contribution is 1.98. The number of alkyl carbamates (subject to hydrolysis) is 1. The molecule has 2 N–H and O–H groups in total. The third-order valence-electron chi connectivity index (χ3n) is 1.61. The molecule has 6 nitrogen and oxygen atoms in total. The molecule has 16 heavy (non-hydrogen) atoms. The molecule has 0 atom stereocenters. The van der Waals surface area contributed by atoms with E-state index in [1.807, 2.05) is 5.32 Å². The van der Waals surface area contributed by atoms with Crippen molar-refractivity contribution in [2.24, 2.45) is 0 Å². The molecule has 92 valence electrons. The van der Waals surface area contributed by atoms with Gasteiger partial charge in [0.2, 0.25) is 0 Å². The van der Waals surface area contributed by atoms with Gasteiger partial charge in [0, 0.05) is 13.2 Å². The van der Waals surface area contributed by atoms with Gasteiger partial charge in [-0.15, -0.1) is 0 Å². The van der Waals surface area contributed by atoms with Crippen molar-refractivity contribution in [3.63, 3.8) is 0 Å². The molecule has 0 aliphatic carbocycles. The highest BCUT2D eigenvalue weighted by molar-refractivity contribution is 5.89. The van der Waals surface area contributed by atoms with Crippen LogP contribution in [0.1, 0.15) is 19.8 Å². The number of carbonyl (C=O) groups is 2. The molecule has 0 spiro atoms. The monoisotopic (exact) mass is 231 g/mol. The minimum Gasteiger partial charge on any atom is -0.477 e. The van der Waals surface area contributed by atoms with Gasteiger partial charge in [-0.05, 0) is 19.8 Å². The minimum absolute atomic E-state index is 0.193. The molecule has 0 aromatic rings. The highest BCUT2D eigenvalue weighted by Gasteiger charge is 2.07. The summed E-state index contributed by atoms with van der Waals surface area (Å²) >= 11 is 0. The standard InChI is InChI=1S/C6H9NO4.C4H8O/c1-3-11-6(10)7-4(2)5(8)9;1-2-4-5-3-1/h2-3H2,1H3,(H,7,10)(H,8,9);1-4H2. The Morgan fingerprint density at radius 1 is 1.44 bits per heavy atom. The SMILES string of the molecule is C1CCOC1.C=C(NC(=O)OCC)C(=O)O. The van der Waals surface area contributed by atoms with Crippen LogP contribution in [0.15, 0.2) is 12.3 Å². The van der Waals surface area contributed by atoms with E-state index in [2.05, 4.69) is 11.3 Å². The molecule has 0 saturated carbocycles. The van der Waals surface area contributed by atoms with E-state index in [-0.39, 0.29) is 6.61 Å². The van der Waals surface area contributed by atoms with E-state index in [4.69, 9.17) is 9.84 Å². The number of rotatable bonds is 3. The van der Waals surface area contributed by atoms with Crippen molar-refractivity contribution in [1.82, 2.24) is 5.32 Å². The van der Waals surface area contributed by atoms with Gasteiger partial charge in [-0.1, -0.05) is 6.58 Å².